The standard InChI is InChI=1S/C18H18Cl2N2O4/c19-14-6-7-16(15(20)10-14)25-12-17(23)21-8-9-22-18(24)26-11-13-4-2-1-3-5-13/h1-7,10H,8-9,11-12H2,(H,21,23)(H,22,24). The second-order valence-electron chi connectivity index (χ2n) is 5.20. The van der Waals surface area contributed by atoms with Gasteiger partial charge in [0.1, 0.15) is 12.4 Å². The van der Waals surface area contributed by atoms with Gasteiger partial charge >= 0.3 is 6.09 Å². The quantitative estimate of drug-likeness (QED) is 0.670. The Morgan fingerprint density at radius 1 is 0.962 bits per heavy atom. The second-order valence-corrected chi connectivity index (χ2v) is 6.05. The highest BCUT2D eigenvalue weighted by atomic mass is 35.5. The molecule has 0 atom stereocenters. The molecule has 6 nitrogen and oxygen atoms in total. The zero-order chi connectivity index (χ0) is 18.8. The molecule has 0 bridgehead atoms. The van der Waals surface area contributed by atoms with Crippen molar-refractivity contribution in [1.82, 2.24) is 10.6 Å². The second kappa shape index (κ2) is 10.5. The van der Waals surface area contributed by atoms with Crippen molar-refractivity contribution in [2.24, 2.45) is 0 Å². The molecule has 0 fully saturated rings. The van der Waals surface area contributed by atoms with Crippen LogP contribution < -0.4 is 15.4 Å². The maximum atomic E-state index is 11.7. The maximum absolute atomic E-state index is 11.7. The molecule has 0 unspecified atom stereocenters. The molecule has 0 spiro atoms. The van der Waals surface area contributed by atoms with Gasteiger partial charge in [-0.1, -0.05) is 53.5 Å². The first kappa shape index (κ1) is 19.9. The molecule has 2 rings (SSSR count). The molecule has 0 heterocycles. The zero-order valence-corrected chi connectivity index (χ0v) is 15.3. The summed E-state index contributed by atoms with van der Waals surface area (Å²) in [7, 11) is 0. The number of carbonyl (C=O) groups is 2. The Labute approximate surface area is 161 Å². The van der Waals surface area contributed by atoms with Gasteiger partial charge in [-0.25, -0.2) is 4.79 Å². The minimum absolute atomic E-state index is 0.189. The summed E-state index contributed by atoms with van der Waals surface area (Å²) >= 11 is 11.7. The van der Waals surface area contributed by atoms with Crippen LogP contribution in [0.4, 0.5) is 4.79 Å². The van der Waals surface area contributed by atoms with Gasteiger partial charge in [-0.15, -0.1) is 0 Å². The molecule has 26 heavy (non-hydrogen) atoms. The minimum atomic E-state index is -0.549. The van der Waals surface area contributed by atoms with Gasteiger partial charge in [0.15, 0.2) is 6.61 Å². The SMILES string of the molecule is O=C(COc1ccc(Cl)cc1Cl)NCCNC(=O)OCc1ccccc1. The van der Waals surface area contributed by atoms with Crippen LogP contribution in [0.3, 0.4) is 0 Å². The first-order valence-corrected chi connectivity index (χ1v) is 8.59. The third kappa shape index (κ3) is 7.21. The van der Waals surface area contributed by atoms with Crippen molar-refractivity contribution in [1.29, 1.82) is 0 Å². The monoisotopic (exact) mass is 396 g/mol. The Morgan fingerprint density at radius 3 is 2.42 bits per heavy atom. The molecule has 0 radical (unpaired) electrons. The van der Waals surface area contributed by atoms with Crippen LogP contribution in [0.5, 0.6) is 5.75 Å². The third-order valence-electron chi connectivity index (χ3n) is 3.18. The van der Waals surface area contributed by atoms with E-state index in [0.29, 0.717) is 15.8 Å². The van der Waals surface area contributed by atoms with Crippen molar-refractivity contribution < 1.29 is 19.1 Å². The smallest absolute Gasteiger partial charge is 0.407 e. The van der Waals surface area contributed by atoms with Gasteiger partial charge in [-0.2, -0.15) is 0 Å². The molecule has 2 aromatic rings. The number of alkyl carbamates (subject to hydrolysis) is 1. The predicted octanol–water partition coefficient (Wildman–Crippen LogP) is 3.41. The Bertz CT molecular complexity index is 741. The topological polar surface area (TPSA) is 76.7 Å². The molecule has 138 valence electrons. The lowest BCUT2D eigenvalue weighted by Crippen LogP contribution is -2.37. The summed E-state index contributed by atoms with van der Waals surface area (Å²) in [5.41, 5.74) is 0.897. The third-order valence-corrected chi connectivity index (χ3v) is 3.71. The number of carbonyl (C=O) groups excluding carboxylic acids is 2. The van der Waals surface area contributed by atoms with E-state index in [2.05, 4.69) is 10.6 Å². The number of amides is 2. The van der Waals surface area contributed by atoms with E-state index in [1.54, 1.807) is 12.1 Å². The van der Waals surface area contributed by atoms with E-state index in [4.69, 9.17) is 32.7 Å². The fraction of sp³-hybridized carbons (Fsp3) is 0.222. The number of hydrogen-bond acceptors (Lipinski definition) is 4. The van der Waals surface area contributed by atoms with Crippen molar-refractivity contribution >= 4 is 35.2 Å². The zero-order valence-electron chi connectivity index (χ0n) is 13.8. The molecule has 0 saturated carbocycles. The van der Waals surface area contributed by atoms with Gasteiger partial charge < -0.3 is 20.1 Å². The summed E-state index contributed by atoms with van der Waals surface area (Å²) < 4.78 is 10.4. The number of ether oxygens (including phenoxy) is 2. The average molecular weight is 397 g/mol. The fourth-order valence-corrected chi connectivity index (χ4v) is 2.39. The van der Waals surface area contributed by atoms with Crippen molar-refractivity contribution in [3.63, 3.8) is 0 Å². The average Bonchev–Trinajstić information content (AvgIpc) is 2.63. The Hall–Kier alpha value is -2.44. The van der Waals surface area contributed by atoms with Crippen molar-refractivity contribution in [3.8, 4) is 5.75 Å². The molecule has 0 aliphatic heterocycles. The van der Waals surface area contributed by atoms with Crippen LogP contribution in [0, 0.1) is 0 Å². The van der Waals surface area contributed by atoms with Gasteiger partial charge in [-0.3, -0.25) is 4.79 Å². The molecule has 2 N–H and O–H groups in total. The van der Waals surface area contributed by atoms with Crippen LogP contribution >= 0.6 is 23.2 Å². The van der Waals surface area contributed by atoms with Gasteiger partial charge in [-0.05, 0) is 23.8 Å². The summed E-state index contributed by atoms with van der Waals surface area (Å²) in [4.78, 5) is 23.2. The van der Waals surface area contributed by atoms with Crippen LogP contribution in [-0.2, 0) is 16.1 Å². The first-order chi connectivity index (χ1) is 12.5. The number of nitrogens with one attached hydrogen (secondary N) is 2. The maximum Gasteiger partial charge on any atom is 0.407 e. The van der Waals surface area contributed by atoms with E-state index in [9.17, 15) is 9.59 Å². The normalized spacial score (nSPS) is 10.1. The molecular formula is C18H18Cl2N2O4. The Kier molecular flexibility index (Phi) is 8.05. The highest BCUT2D eigenvalue weighted by Gasteiger charge is 2.07. The summed E-state index contributed by atoms with van der Waals surface area (Å²) in [5, 5.41) is 5.96. The van der Waals surface area contributed by atoms with E-state index in [-0.39, 0.29) is 32.2 Å². The molecule has 0 saturated heterocycles. The van der Waals surface area contributed by atoms with Gasteiger partial charge in [0.05, 0.1) is 5.02 Å². The van der Waals surface area contributed by atoms with Crippen LogP contribution in [0.25, 0.3) is 0 Å². The van der Waals surface area contributed by atoms with Crippen LogP contribution in [0.15, 0.2) is 48.5 Å². The van der Waals surface area contributed by atoms with Gasteiger partial charge in [0, 0.05) is 18.1 Å². The largest absolute Gasteiger partial charge is 0.482 e. The summed E-state index contributed by atoms with van der Waals surface area (Å²) in [5.74, 6) is 0.0318. The summed E-state index contributed by atoms with van der Waals surface area (Å²) in [6.45, 7) is 0.479. The Morgan fingerprint density at radius 2 is 1.69 bits per heavy atom. The molecular weight excluding hydrogens is 379 g/mol. The van der Waals surface area contributed by atoms with Crippen molar-refractivity contribution in [3.05, 3.63) is 64.1 Å². The predicted molar refractivity (Wildman–Crippen MR) is 99.6 cm³/mol. The Balaban J connectivity index is 1.57. The van der Waals surface area contributed by atoms with E-state index in [1.165, 1.54) is 6.07 Å². The van der Waals surface area contributed by atoms with Gasteiger partial charge in [0.2, 0.25) is 0 Å². The summed E-state index contributed by atoms with van der Waals surface area (Å²) in [6.07, 6.45) is -0.549. The highest BCUT2D eigenvalue weighted by molar-refractivity contribution is 6.35. The number of benzene rings is 2. The van der Waals surface area contributed by atoms with Crippen LogP contribution in [-0.4, -0.2) is 31.7 Å². The van der Waals surface area contributed by atoms with E-state index < -0.39 is 6.09 Å². The van der Waals surface area contributed by atoms with Crippen molar-refractivity contribution in [2.45, 2.75) is 6.61 Å². The van der Waals surface area contributed by atoms with Crippen LogP contribution in [0.2, 0.25) is 10.0 Å². The molecule has 8 heteroatoms. The van der Waals surface area contributed by atoms with Crippen LogP contribution in [0.1, 0.15) is 5.56 Å². The molecule has 0 aliphatic rings. The number of hydrogen-bond donors (Lipinski definition) is 2. The molecule has 2 amide bonds. The molecule has 2 aromatic carbocycles. The molecule has 0 aliphatic carbocycles. The lowest BCUT2D eigenvalue weighted by Gasteiger charge is -2.10. The van der Waals surface area contributed by atoms with E-state index in [0.717, 1.165) is 5.56 Å². The van der Waals surface area contributed by atoms with E-state index in [1.807, 2.05) is 30.3 Å². The molecule has 0 aromatic heterocycles. The highest BCUT2D eigenvalue weighted by Crippen LogP contribution is 2.27. The van der Waals surface area contributed by atoms with Gasteiger partial charge in [0.25, 0.3) is 5.91 Å². The van der Waals surface area contributed by atoms with E-state index >= 15 is 0 Å². The lowest BCUT2D eigenvalue weighted by molar-refractivity contribution is -0.123. The fourth-order valence-electron chi connectivity index (χ4n) is 1.93. The number of rotatable bonds is 8. The summed E-state index contributed by atoms with van der Waals surface area (Å²) in [6, 6.07) is 14.1. The first-order valence-electron chi connectivity index (χ1n) is 7.83. The lowest BCUT2D eigenvalue weighted by atomic mass is 10.2. The van der Waals surface area contributed by atoms with Crippen molar-refractivity contribution in [2.75, 3.05) is 19.7 Å². The number of halogens is 2. The minimum Gasteiger partial charge on any atom is -0.482 e.